The normalized spacial score (nSPS) is 11.9. The summed E-state index contributed by atoms with van der Waals surface area (Å²) in [6.45, 7) is 0. The second kappa shape index (κ2) is 7.65. The number of rotatable bonds is 3. The fourth-order valence-electron chi connectivity index (χ4n) is 2.46. The summed E-state index contributed by atoms with van der Waals surface area (Å²) in [7, 11) is 0. The summed E-state index contributed by atoms with van der Waals surface area (Å²) in [5.41, 5.74) is 2.36. The average molecular weight is 385 g/mol. The smallest absolute Gasteiger partial charge is 0.256 e. The Labute approximate surface area is 159 Å². The summed E-state index contributed by atoms with van der Waals surface area (Å²) in [5, 5.41) is 9.97. The second-order valence-electron chi connectivity index (χ2n) is 5.73. The molecule has 0 amide bonds. The van der Waals surface area contributed by atoms with Crippen LogP contribution >= 0.6 is 11.6 Å². The van der Waals surface area contributed by atoms with Crippen molar-refractivity contribution in [1.82, 2.24) is 4.98 Å². The first-order chi connectivity index (χ1) is 12.9. The van der Waals surface area contributed by atoms with Crippen LogP contribution in [0.5, 0.6) is 0 Å². The van der Waals surface area contributed by atoms with E-state index in [1.165, 1.54) is 6.07 Å². The highest BCUT2D eigenvalue weighted by Crippen LogP contribution is 2.30. The van der Waals surface area contributed by atoms with Crippen LogP contribution in [0, 0.1) is 11.3 Å². The lowest BCUT2D eigenvalue weighted by atomic mass is 10.0. The molecule has 0 aliphatic carbocycles. The number of benzene rings is 2. The summed E-state index contributed by atoms with van der Waals surface area (Å²) in [5.74, 6) is 0. The maximum atomic E-state index is 12.6. The number of alkyl halides is 3. The Morgan fingerprint density at radius 1 is 0.963 bits per heavy atom. The van der Waals surface area contributed by atoms with Crippen LogP contribution in [0.1, 0.15) is 16.7 Å². The molecule has 0 saturated carbocycles. The van der Waals surface area contributed by atoms with Gasteiger partial charge in [-0.25, -0.2) is 0 Å². The molecule has 0 radical (unpaired) electrons. The zero-order chi connectivity index (χ0) is 19.4. The number of pyridine rings is 1. The Balaban J connectivity index is 1.84. The van der Waals surface area contributed by atoms with Gasteiger partial charge in [0, 0.05) is 16.8 Å². The molecule has 0 atom stereocenters. The third-order valence-electron chi connectivity index (χ3n) is 3.88. The predicted octanol–water partition coefficient (Wildman–Crippen LogP) is 6.48. The largest absolute Gasteiger partial charge is 0.417 e. The van der Waals surface area contributed by atoms with Crippen LogP contribution in [0.2, 0.25) is 5.02 Å². The Kier molecular flexibility index (Phi) is 5.29. The van der Waals surface area contributed by atoms with Gasteiger partial charge in [-0.15, -0.1) is 0 Å². The lowest BCUT2D eigenvalue weighted by Gasteiger charge is -2.07. The molecule has 0 aliphatic rings. The van der Waals surface area contributed by atoms with Crippen LogP contribution in [-0.2, 0) is 6.18 Å². The van der Waals surface area contributed by atoms with E-state index in [9.17, 15) is 18.4 Å². The maximum Gasteiger partial charge on any atom is 0.417 e. The molecule has 6 heteroatoms. The van der Waals surface area contributed by atoms with Crippen molar-refractivity contribution in [3.63, 3.8) is 0 Å². The minimum absolute atomic E-state index is 0.441. The fraction of sp³-hybridized carbons (Fsp3) is 0.0476. The zero-order valence-corrected chi connectivity index (χ0v) is 14.6. The Hall–Kier alpha value is -3.10. The van der Waals surface area contributed by atoms with Gasteiger partial charge in [0.25, 0.3) is 0 Å². The van der Waals surface area contributed by atoms with E-state index >= 15 is 0 Å². The number of hydrogen-bond donors (Lipinski definition) is 0. The van der Waals surface area contributed by atoms with Crippen molar-refractivity contribution in [2.45, 2.75) is 6.18 Å². The van der Waals surface area contributed by atoms with Gasteiger partial charge in [-0.2, -0.15) is 18.4 Å². The number of aromatic nitrogens is 1. The molecule has 2 nitrogen and oxygen atoms in total. The van der Waals surface area contributed by atoms with E-state index in [4.69, 9.17) is 11.6 Å². The fourth-order valence-corrected chi connectivity index (χ4v) is 2.58. The van der Waals surface area contributed by atoms with Crippen molar-refractivity contribution in [1.29, 1.82) is 5.26 Å². The minimum atomic E-state index is -4.41. The topological polar surface area (TPSA) is 36.7 Å². The van der Waals surface area contributed by atoms with Crippen LogP contribution in [0.25, 0.3) is 22.9 Å². The lowest BCUT2D eigenvalue weighted by Crippen LogP contribution is -2.05. The first-order valence-corrected chi connectivity index (χ1v) is 8.26. The predicted molar refractivity (Wildman–Crippen MR) is 99.6 cm³/mol. The third kappa shape index (κ3) is 4.55. The zero-order valence-electron chi connectivity index (χ0n) is 13.8. The second-order valence-corrected chi connectivity index (χ2v) is 6.17. The first-order valence-electron chi connectivity index (χ1n) is 7.88. The van der Waals surface area contributed by atoms with Gasteiger partial charge in [-0.05, 0) is 41.5 Å². The van der Waals surface area contributed by atoms with Crippen LogP contribution in [0.4, 0.5) is 13.2 Å². The molecule has 0 spiro atoms. The molecule has 134 valence electrons. The molecular formula is C21H12ClF3N2. The lowest BCUT2D eigenvalue weighted by molar-refractivity contribution is -0.137. The van der Waals surface area contributed by atoms with Gasteiger partial charge in [-0.3, -0.25) is 4.98 Å². The van der Waals surface area contributed by atoms with Gasteiger partial charge >= 0.3 is 6.18 Å². The third-order valence-corrected chi connectivity index (χ3v) is 4.14. The van der Waals surface area contributed by atoms with Gasteiger partial charge in [0.2, 0.25) is 0 Å². The van der Waals surface area contributed by atoms with Gasteiger partial charge in [-0.1, -0.05) is 48.0 Å². The summed E-state index contributed by atoms with van der Waals surface area (Å²) >= 11 is 5.86. The number of allylic oxidation sites excluding steroid dienone is 1. The molecule has 3 aromatic rings. The highest BCUT2D eigenvalue weighted by atomic mass is 35.5. The van der Waals surface area contributed by atoms with Gasteiger partial charge in [0.05, 0.1) is 22.9 Å². The summed E-state index contributed by atoms with van der Waals surface area (Å²) < 4.78 is 37.8. The standard InChI is InChI=1S/C21H12ClF3N2/c22-19-8-5-15(6-9-19)17(12-26)11-14-1-3-16(4-2-14)20-10-7-18(13-27-20)21(23,24)25/h1-11,13H. The monoisotopic (exact) mass is 384 g/mol. The molecule has 0 saturated heterocycles. The molecule has 1 heterocycles. The van der Waals surface area contributed by atoms with Gasteiger partial charge < -0.3 is 0 Å². The molecule has 0 N–H and O–H groups in total. The Morgan fingerprint density at radius 3 is 2.15 bits per heavy atom. The highest BCUT2D eigenvalue weighted by Gasteiger charge is 2.30. The van der Waals surface area contributed by atoms with Crippen molar-refractivity contribution in [3.05, 3.63) is 88.6 Å². The van der Waals surface area contributed by atoms with Gasteiger partial charge in [0.15, 0.2) is 0 Å². The van der Waals surface area contributed by atoms with Gasteiger partial charge in [0.1, 0.15) is 0 Å². The van der Waals surface area contributed by atoms with Crippen LogP contribution < -0.4 is 0 Å². The molecule has 3 rings (SSSR count). The molecule has 2 aromatic carbocycles. The molecule has 0 fully saturated rings. The average Bonchev–Trinajstić information content (AvgIpc) is 2.67. The summed E-state index contributed by atoms with van der Waals surface area (Å²) in [4.78, 5) is 3.88. The van der Waals surface area contributed by atoms with Crippen LogP contribution in [0.15, 0.2) is 66.9 Å². The van der Waals surface area contributed by atoms with Crippen molar-refractivity contribution in [3.8, 4) is 17.3 Å². The van der Waals surface area contributed by atoms with Crippen LogP contribution in [-0.4, -0.2) is 4.98 Å². The Bertz CT molecular complexity index is 998. The minimum Gasteiger partial charge on any atom is -0.256 e. The number of hydrogen-bond acceptors (Lipinski definition) is 2. The van der Waals surface area contributed by atoms with Crippen molar-refractivity contribution in [2.24, 2.45) is 0 Å². The molecular weight excluding hydrogens is 373 g/mol. The SMILES string of the molecule is N#CC(=Cc1ccc(-c2ccc(C(F)(F)F)cn2)cc1)c1ccc(Cl)cc1. The number of halogens is 4. The van der Waals surface area contributed by atoms with E-state index in [0.29, 0.717) is 21.9 Å². The molecule has 0 unspecified atom stereocenters. The van der Waals surface area contributed by atoms with E-state index in [0.717, 1.165) is 23.4 Å². The van der Waals surface area contributed by atoms with E-state index in [2.05, 4.69) is 11.1 Å². The summed E-state index contributed by atoms with van der Waals surface area (Å²) in [6.07, 6.45) is -1.86. The quantitative estimate of drug-likeness (QED) is 0.382. The van der Waals surface area contributed by atoms with Crippen molar-refractivity contribution >= 4 is 23.3 Å². The molecule has 1 aromatic heterocycles. The number of nitrogens with zero attached hydrogens (tertiary/aromatic N) is 2. The van der Waals surface area contributed by atoms with E-state index < -0.39 is 11.7 Å². The highest BCUT2D eigenvalue weighted by molar-refractivity contribution is 6.30. The van der Waals surface area contributed by atoms with E-state index in [1.807, 2.05) is 0 Å². The number of nitriles is 1. The van der Waals surface area contributed by atoms with E-state index in [-0.39, 0.29) is 0 Å². The van der Waals surface area contributed by atoms with E-state index in [1.54, 1.807) is 54.6 Å². The maximum absolute atomic E-state index is 12.6. The molecule has 0 aliphatic heterocycles. The molecule has 27 heavy (non-hydrogen) atoms. The Morgan fingerprint density at radius 2 is 1.63 bits per heavy atom. The summed E-state index contributed by atoms with van der Waals surface area (Å²) in [6, 6.07) is 18.5. The van der Waals surface area contributed by atoms with Crippen molar-refractivity contribution in [2.75, 3.05) is 0 Å². The van der Waals surface area contributed by atoms with Crippen molar-refractivity contribution < 1.29 is 13.2 Å². The first kappa shape index (κ1) is 18.7. The van der Waals surface area contributed by atoms with Crippen LogP contribution in [0.3, 0.4) is 0 Å². The molecule has 0 bridgehead atoms.